The van der Waals surface area contributed by atoms with E-state index in [0.717, 1.165) is 19.3 Å². The van der Waals surface area contributed by atoms with Crippen LogP contribution in [0.4, 0.5) is 0 Å². The van der Waals surface area contributed by atoms with Gasteiger partial charge in [0.2, 0.25) is 6.41 Å². The number of rotatable bonds is 2. The number of carbonyl (C=O) groups is 1. The van der Waals surface area contributed by atoms with Gasteiger partial charge in [0, 0.05) is 6.04 Å². The zero-order chi connectivity index (χ0) is 8.32. The molecule has 0 spiro atoms. The van der Waals surface area contributed by atoms with E-state index in [9.17, 15) is 4.79 Å². The molecule has 0 bridgehead atoms. The Hall–Kier alpha value is -0.530. The van der Waals surface area contributed by atoms with Crippen LogP contribution >= 0.6 is 0 Å². The minimum absolute atomic E-state index is 0.445. The highest BCUT2D eigenvalue weighted by Crippen LogP contribution is 2.34. The van der Waals surface area contributed by atoms with Crippen LogP contribution < -0.4 is 5.32 Å². The molecule has 0 unspecified atom stereocenters. The summed E-state index contributed by atoms with van der Waals surface area (Å²) in [5.41, 5.74) is 0.501. The molecule has 0 saturated heterocycles. The second-order valence-corrected chi connectivity index (χ2v) is 4.22. The van der Waals surface area contributed by atoms with Gasteiger partial charge in [-0.05, 0) is 31.1 Å². The van der Waals surface area contributed by atoms with Crippen LogP contribution in [-0.2, 0) is 4.79 Å². The van der Waals surface area contributed by atoms with E-state index in [1.54, 1.807) is 0 Å². The maximum Gasteiger partial charge on any atom is 0.207 e. The van der Waals surface area contributed by atoms with Gasteiger partial charge in [-0.2, -0.15) is 0 Å². The molecule has 0 atom stereocenters. The van der Waals surface area contributed by atoms with Crippen molar-refractivity contribution in [3.05, 3.63) is 0 Å². The van der Waals surface area contributed by atoms with E-state index in [1.165, 1.54) is 12.8 Å². The summed E-state index contributed by atoms with van der Waals surface area (Å²) < 4.78 is 0. The standard InChI is InChI=1S/C9H17NO/c1-9(2)5-3-8(4-6-9)10-7-11/h7-8H,3-6H2,1-2H3,(H,10,11). The smallest absolute Gasteiger partial charge is 0.207 e. The van der Waals surface area contributed by atoms with Crippen molar-refractivity contribution in [3.8, 4) is 0 Å². The minimum atomic E-state index is 0.445. The fourth-order valence-corrected chi connectivity index (χ4v) is 1.66. The largest absolute Gasteiger partial charge is 0.356 e. The quantitative estimate of drug-likeness (QED) is 0.604. The molecule has 0 aromatic rings. The van der Waals surface area contributed by atoms with Gasteiger partial charge in [0.05, 0.1) is 0 Å². The lowest BCUT2D eigenvalue weighted by Gasteiger charge is -2.33. The van der Waals surface area contributed by atoms with Gasteiger partial charge in [-0.3, -0.25) is 4.79 Å². The molecule has 1 saturated carbocycles. The van der Waals surface area contributed by atoms with E-state index in [-0.39, 0.29) is 0 Å². The molecule has 0 heterocycles. The van der Waals surface area contributed by atoms with Gasteiger partial charge in [-0.1, -0.05) is 13.8 Å². The van der Waals surface area contributed by atoms with E-state index in [1.807, 2.05) is 0 Å². The number of hydrogen-bond donors (Lipinski definition) is 1. The van der Waals surface area contributed by atoms with Gasteiger partial charge in [0.15, 0.2) is 0 Å². The van der Waals surface area contributed by atoms with E-state index >= 15 is 0 Å². The molecule has 2 nitrogen and oxygen atoms in total. The molecule has 0 aliphatic heterocycles. The van der Waals surface area contributed by atoms with E-state index < -0.39 is 0 Å². The number of amides is 1. The van der Waals surface area contributed by atoms with Crippen molar-refractivity contribution in [1.29, 1.82) is 0 Å². The normalized spacial score (nSPS) is 24.5. The molecule has 1 N–H and O–H groups in total. The number of nitrogens with one attached hydrogen (secondary N) is 1. The lowest BCUT2D eigenvalue weighted by molar-refractivity contribution is -0.110. The van der Waals surface area contributed by atoms with Crippen molar-refractivity contribution in [3.63, 3.8) is 0 Å². The highest BCUT2D eigenvalue weighted by molar-refractivity contribution is 5.46. The van der Waals surface area contributed by atoms with Crippen molar-refractivity contribution >= 4 is 6.41 Å². The van der Waals surface area contributed by atoms with Gasteiger partial charge >= 0.3 is 0 Å². The van der Waals surface area contributed by atoms with E-state index in [2.05, 4.69) is 19.2 Å². The summed E-state index contributed by atoms with van der Waals surface area (Å²) in [6.07, 6.45) is 5.58. The third-order valence-electron chi connectivity index (χ3n) is 2.64. The predicted molar refractivity (Wildman–Crippen MR) is 45.2 cm³/mol. The van der Waals surface area contributed by atoms with Crippen molar-refractivity contribution in [2.24, 2.45) is 5.41 Å². The summed E-state index contributed by atoms with van der Waals surface area (Å²) in [5.74, 6) is 0. The predicted octanol–water partition coefficient (Wildman–Crippen LogP) is 1.70. The fourth-order valence-electron chi connectivity index (χ4n) is 1.66. The average molecular weight is 155 g/mol. The topological polar surface area (TPSA) is 29.1 Å². The molecule has 11 heavy (non-hydrogen) atoms. The number of carbonyl (C=O) groups excluding carboxylic acids is 1. The Bertz CT molecular complexity index is 132. The molecule has 0 radical (unpaired) electrons. The highest BCUT2D eigenvalue weighted by atomic mass is 16.1. The van der Waals surface area contributed by atoms with Crippen molar-refractivity contribution in [1.82, 2.24) is 5.32 Å². The summed E-state index contributed by atoms with van der Waals surface area (Å²) in [7, 11) is 0. The van der Waals surface area contributed by atoms with Crippen LogP contribution in [0.5, 0.6) is 0 Å². The van der Waals surface area contributed by atoms with Gasteiger partial charge in [-0.15, -0.1) is 0 Å². The Kier molecular flexibility index (Phi) is 2.53. The zero-order valence-electron chi connectivity index (χ0n) is 7.39. The second-order valence-electron chi connectivity index (χ2n) is 4.22. The molecule has 1 aliphatic carbocycles. The monoisotopic (exact) mass is 155 g/mol. The molecule has 64 valence electrons. The Balaban J connectivity index is 2.30. The fraction of sp³-hybridized carbons (Fsp3) is 0.889. The molecule has 0 aromatic heterocycles. The van der Waals surface area contributed by atoms with E-state index in [4.69, 9.17) is 0 Å². The maximum atomic E-state index is 10.1. The second kappa shape index (κ2) is 3.24. The third kappa shape index (κ3) is 2.52. The van der Waals surface area contributed by atoms with Crippen molar-refractivity contribution < 1.29 is 4.79 Å². The van der Waals surface area contributed by atoms with Crippen molar-refractivity contribution in [2.45, 2.75) is 45.6 Å². The van der Waals surface area contributed by atoms with Gasteiger partial charge in [0.25, 0.3) is 0 Å². The SMILES string of the molecule is CC1(C)CCC(NC=O)CC1. The molecular weight excluding hydrogens is 138 g/mol. The first-order valence-electron chi connectivity index (χ1n) is 4.34. The van der Waals surface area contributed by atoms with Crippen molar-refractivity contribution in [2.75, 3.05) is 0 Å². The third-order valence-corrected chi connectivity index (χ3v) is 2.64. The molecule has 1 rings (SSSR count). The van der Waals surface area contributed by atoms with Crippen LogP contribution in [0.25, 0.3) is 0 Å². The molecular formula is C9H17NO. The van der Waals surface area contributed by atoms with Crippen LogP contribution in [-0.4, -0.2) is 12.5 Å². The summed E-state index contributed by atoms with van der Waals surface area (Å²) in [6, 6.07) is 0.445. The molecule has 0 aromatic carbocycles. The van der Waals surface area contributed by atoms with Crippen LogP contribution in [0.15, 0.2) is 0 Å². The first-order valence-corrected chi connectivity index (χ1v) is 4.34. The van der Waals surface area contributed by atoms with Crippen LogP contribution in [0.2, 0.25) is 0 Å². The van der Waals surface area contributed by atoms with Gasteiger partial charge < -0.3 is 5.32 Å². The Labute approximate surface area is 68.4 Å². The zero-order valence-corrected chi connectivity index (χ0v) is 7.39. The summed E-state index contributed by atoms with van der Waals surface area (Å²) in [5, 5.41) is 2.84. The Morgan fingerprint density at radius 1 is 1.36 bits per heavy atom. The van der Waals surface area contributed by atoms with E-state index in [0.29, 0.717) is 11.5 Å². The molecule has 1 fully saturated rings. The molecule has 1 amide bonds. The van der Waals surface area contributed by atoms with Gasteiger partial charge in [-0.25, -0.2) is 0 Å². The minimum Gasteiger partial charge on any atom is -0.356 e. The van der Waals surface area contributed by atoms with Crippen LogP contribution in [0.3, 0.4) is 0 Å². The maximum absolute atomic E-state index is 10.1. The molecule has 1 aliphatic rings. The van der Waals surface area contributed by atoms with Crippen LogP contribution in [0, 0.1) is 5.41 Å². The first-order chi connectivity index (χ1) is 5.14. The lowest BCUT2D eigenvalue weighted by Crippen LogP contribution is -2.34. The Morgan fingerprint density at radius 3 is 2.36 bits per heavy atom. The number of hydrogen-bond acceptors (Lipinski definition) is 1. The highest BCUT2D eigenvalue weighted by Gasteiger charge is 2.25. The Morgan fingerprint density at radius 2 is 1.91 bits per heavy atom. The van der Waals surface area contributed by atoms with Gasteiger partial charge in [0.1, 0.15) is 0 Å². The van der Waals surface area contributed by atoms with Crippen LogP contribution in [0.1, 0.15) is 39.5 Å². The lowest BCUT2D eigenvalue weighted by atomic mass is 9.76. The summed E-state index contributed by atoms with van der Waals surface area (Å²) >= 11 is 0. The molecule has 2 heteroatoms. The first kappa shape index (κ1) is 8.57. The summed E-state index contributed by atoms with van der Waals surface area (Å²) in [4.78, 5) is 10.1. The summed E-state index contributed by atoms with van der Waals surface area (Å²) in [6.45, 7) is 4.59. The average Bonchev–Trinajstić information content (AvgIpc) is 1.94.